The first-order valence-electron chi connectivity index (χ1n) is 7.37. The Morgan fingerprint density at radius 2 is 1.59 bits per heavy atom. The van der Waals surface area contributed by atoms with Gasteiger partial charge in [-0.1, -0.05) is 20.8 Å². The van der Waals surface area contributed by atoms with E-state index in [-0.39, 0.29) is 0 Å². The van der Waals surface area contributed by atoms with Gasteiger partial charge in [0.05, 0.1) is 0 Å². The molecular formula is C15H34N2. The van der Waals surface area contributed by atoms with Gasteiger partial charge in [-0.25, -0.2) is 0 Å². The summed E-state index contributed by atoms with van der Waals surface area (Å²) in [5.74, 6) is 1.72. The zero-order valence-corrected chi connectivity index (χ0v) is 12.8. The third kappa shape index (κ3) is 13.9. The first-order chi connectivity index (χ1) is 8.02. The van der Waals surface area contributed by atoms with Crippen molar-refractivity contribution in [1.82, 2.24) is 10.2 Å². The molecule has 0 aromatic rings. The van der Waals surface area contributed by atoms with Crippen LogP contribution < -0.4 is 5.32 Å². The lowest BCUT2D eigenvalue weighted by molar-refractivity contribution is 0.364. The molecule has 104 valence electrons. The van der Waals surface area contributed by atoms with Crippen molar-refractivity contribution in [1.29, 1.82) is 0 Å². The summed E-state index contributed by atoms with van der Waals surface area (Å²) in [6.45, 7) is 10.6. The molecule has 17 heavy (non-hydrogen) atoms. The van der Waals surface area contributed by atoms with E-state index in [0.29, 0.717) is 0 Å². The minimum atomic E-state index is 0.849. The van der Waals surface area contributed by atoms with Crippen LogP contribution in [0.25, 0.3) is 0 Å². The topological polar surface area (TPSA) is 15.3 Å². The molecule has 0 aliphatic carbocycles. The summed E-state index contributed by atoms with van der Waals surface area (Å²) >= 11 is 0. The van der Waals surface area contributed by atoms with E-state index in [1.807, 2.05) is 0 Å². The molecule has 0 spiro atoms. The summed E-state index contributed by atoms with van der Waals surface area (Å²) in [4.78, 5) is 2.27. The number of nitrogens with zero attached hydrogens (tertiary/aromatic N) is 1. The van der Waals surface area contributed by atoms with Crippen LogP contribution in [0.2, 0.25) is 0 Å². The van der Waals surface area contributed by atoms with E-state index in [9.17, 15) is 0 Å². The predicted octanol–water partition coefficient (Wildman–Crippen LogP) is 3.38. The fourth-order valence-corrected chi connectivity index (χ4v) is 2.01. The first kappa shape index (κ1) is 16.9. The van der Waals surface area contributed by atoms with Crippen molar-refractivity contribution in [2.45, 2.75) is 52.9 Å². The van der Waals surface area contributed by atoms with E-state index < -0.39 is 0 Å². The molecule has 0 amide bonds. The van der Waals surface area contributed by atoms with Gasteiger partial charge >= 0.3 is 0 Å². The Hall–Kier alpha value is -0.0800. The highest BCUT2D eigenvalue weighted by Gasteiger charge is 2.02. The molecule has 0 aliphatic rings. The van der Waals surface area contributed by atoms with Crippen LogP contribution in [0, 0.1) is 11.8 Å². The molecule has 2 heteroatoms. The Balaban J connectivity index is 3.19. The molecule has 0 aromatic heterocycles. The molecule has 0 aromatic carbocycles. The molecule has 0 bridgehead atoms. The molecule has 0 heterocycles. The third-order valence-corrected chi connectivity index (χ3v) is 3.25. The Kier molecular flexibility index (Phi) is 11.0. The van der Waals surface area contributed by atoms with Gasteiger partial charge in [0.15, 0.2) is 0 Å². The lowest BCUT2D eigenvalue weighted by Gasteiger charge is -2.14. The fraction of sp³-hybridized carbons (Fsp3) is 1.00. The van der Waals surface area contributed by atoms with Gasteiger partial charge in [0.25, 0.3) is 0 Å². The van der Waals surface area contributed by atoms with Crippen molar-refractivity contribution in [2.24, 2.45) is 11.8 Å². The van der Waals surface area contributed by atoms with Crippen molar-refractivity contribution in [3.8, 4) is 0 Å². The Labute approximate surface area is 109 Å². The van der Waals surface area contributed by atoms with E-state index in [2.05, 4.69) is 45.1 Å². The van der Waals surface area contributed by atoms with Crippen LogP contribution >= 0.6 is 0 Å². The van der Waals surface area contributed by atoms with Gasteiger partial charge in [-0.3, -0.25) is 0 Å². The van der Waals surface area contributed by atoms with Crippen molar-refractivity contribution in [3.05, 3.63) is 0 Å². The van der Waals surface area contributed by atoms with E-state index in [4.69, 9.17) is 0 Å². The molecule has 1 atom stereocenters. The van der Waals surface area contributed by atoms with Crippen molar-refractivity contribution in [3.63, 3.8) is 0 Å². The highest BCUT2D eigenvalue weighted by Crippen LogP contribution is 2.09. The third-order valence-electron chi connectivity index (χ3n) is 3.25. The maximum atomic E-state index is 3.56. The maximum Gasteiger partial charge on any atom is -0.00247 e. The first-order valence-corrected chi connectivity index (χ1v) is 7.37. The van der Waals surface area contributed by atoms with Gasteiger partial charge in [0, 0.05) is 0 Å². The molecule has 0 fully saturated rings. The van der Waals surface area contributed by atoms with Crippen LogP contribution in [-0.4, -0.2) is 38.6 Å². The van der Waals surface area contributed by atoms with E-state index in [1.54, 1.807) is 0 Å². The minimum Gasteiger partial charge on any atom is -0.317 e. The fourth-order valence-electron chi connectivity index (χ4n) is 2.01. The maximum absolute atomic E-state index is 3.56. The van der Waals surface area contributed by atoms with Gasteiger partial charge in [-0.2, -0.15) is 0 Å². The smallest absolute Gasteiger partial charge is 0.00247 e. The summed E-state index contributed by atoms with van der Waals surface area (Å²) < 4.78 is 0. The van der Waals surface area contributed by atoms with Gasteiger partial charge in [0.1, 0.15) is 0 Å². The average molecular weight is 242 g/mol. The molecular weight excluding hydrogens is 208 g/mol. The van der Waals surface area contributed by atoms with Crippen molar-refractivity contribution >= 4 is 0 Å². The van der Waals surface area contributed by atoms with Gasteiger partial charge in [-0.05, 0) is 77.7 Å². The van der Waals surface area contributed by atoms with Crippen LogP contribution in [0.1, 0.15) is 52.9 Å². The van der Waals surface area contributed by atoms with Crippen LogP contribution in [0.4, 0.5) is 0 Å². The van der Waals surface area contributed by atoms with Gasteiger partial charge < -0.3 is 10.2 Å². The van der Waals surface area contributed by atoms with Crippen LogP contribution in [0.15, 0.2) is 0 Å². The summed E-state index contributed by atoms with van der Waals surface area (Å²) in [7, 11) is 4.31. The summed E-state index contributed by atoms with van der Waals surface area (Å²) in [5, 5.41) is 3.56. The summed E-state index contributed by atoms with van der Waals surface area (Å²) in [6.07, 6.45) is 6.71. The quantitative estimate of drug-likeness (QED) is 0.559. The van der Waals surface area contributed by atoms with Crippen LogP contribution in [0.3, 0.4) is 0 Å². The van der Waals surface area contributed by atoms with E-state index in [0.717, 1.165) is 11.8 Å². The molecule has 0 saturated heterocycles. The molecule has 1 N–H and O–H groups in total. The number of rotatable bonds is 11. The van der Waals surface area contributed by atoms with Crippen LogP contribution in [0.5, 0.6) is 0 Å². The molecule has 0 radical (unpaired) electrons. The lowest BCUT2D eigenvalue weighted by Crippen LogP contribution is -2.19. The molecule has 1 unspecified atom stereocenters. The number of nitrogens with one attached hydrogen (secondary N) is 1. The molecule has 0 aliphatic heterocycles. The van der Waals surface area contributed by atoms with E-state index in [1.165, 1.54) is 51.7 Å². The average Bonchev–Trinajstić information content (AvgIpc) is 2.22. The zero-order valence-electron chi connectivity index (χ0n) is 12.8. The Bertz CT molecular complexity index is 155. The SMILES string of the molecule is CC(C)CCCNCCC(C)CCCN(C)C. The summed E-state index contributed by atoms with van der Waals surface area (Å²) in [5.41, 5.74) is 0. The van der Waals surface area contributed by atoms with Crippen LogP contribution in [-0.2, 0) is 0 Å². The highest BCUT2D eigenvalue weighted by molar-refractivity contribution is 4.58. The largest absolute Gasteiger partial charge is 0.317 e. The van der Waals surface area contributed by atoms with Crippen molar-refractivity contribution < 1.29 is 0 Å². The second kappa shape index (κ2) is 11.0. The number of hydrogen-bond donors (Lipinski definition) is 1. The summed E-state index contributed by atoms with van der Waals surface area (Å²) in [6, 6.07) is 0. The Morgan fingerprint density at radius 1 is 0.882 bits per heavy atom. The van der Waals surface area contributed by atoms with Crippen molar-refractivity contribution in [2.75, 3.05) is 33.7 Å². The standard InChI is InChI=1S/C15H34N2/c1-14(2)8-6-11-16-12-10-15(3)9-7-13-17(4)5/h14-16H,6-13H2,1-5H3. The molecule has 2 nitrogen and oxygen atoms in total. The molecule has 0 rings (SSSR count). The monoisotopic (exact) mass is 242 g/mol. The van der Waals surface area contributed by atoms with E-state index >= 15 is 0 Å². The zero-order chi connectivity index (χ0) is 13.1. The number of hydrogen-bond acceptors (Lipinski definition) is 2. The van der Waals surface area contributed by atoms with Gasteiger partial charge in [-0.15, -0.1) is 0 Å². The van der Waals surface area contributed by atoms with Gasteiger partial charge in [0.2, 0.25) is 0 Å². The predicted molar refractivity (Wildman–Crippen MR) is 78.5 cm³/mol. The lowest BCUT2D eigenvalue weighted by atomic mass is 10.0. The second-order valence-electron chi connectivity index (χ2n) is 6.13. The second-order valence-corrected chi connectivity index (χ2v) is 6.13. The minimum absolute atomic E-state index is 0.849. The molecule has 0 saturated carbocycles. The Morgan fingerprint density at radius 3 is 2.18 bits per heavy atom. The highest BCUT2D eigenvalue weighted by atomic mass is 15.0. The normalized spacial score (nSPS) is 13.6.